The number of rotatable bonds is 6. The Morgan fingerprint density at radius 1 is 1.23 bits per heavy atom. The molecule has 0 spiro atoms. The zero-order valence-electron chi connectivity index (χ0n) is 14.7. The molecule has 1 aliphatic heterocycles. The van der Waals surface area contributed by atoms with Crippen LogP contribution in [0.25, 0.3) is 0 Å². The molecule has 2 aromatic rings. The Bertz CT molecular complexity index is 736. The summed E-state index contributed by atoms with van der Waals surface area (Å²) in [6.07, 6.45) is 3.88. The second kappa shape index (κ2) is 8.71. The minimum Gasteiger partial charge on any atom is -0.495 e. The number of anilines is 2. The number of carbonyl (C=O) groups is 1. The Balaban J connectivity index is 1.46. The topological polar surface area (TPSA) is 70.6 Å². The maximum Gasteiger partial charge on any atom is 0.225 e. The van der Waals surface area contributed by atoms with E-state index in [4.69, 9.17) is 16.3 Å². The number of hydrogen-bond donors (Lipinski definition) is 1. The summed E-state index contributed by atoms with van der Waals surface area (Å²) >= 11 is 6.02. The highest BCUT2D eigenvalue weighted by molar-refractivity contribution is 6.30. The molecule has 1 amide bonds. The molecule has 0 saturated carbocycles. The van der Waals surface area contributed by atoms with Crippen LogP contribution in [0.3, 0.4) is 0 Å². The third-order valence-corrected chi connectivity index (χ3v) is 4.52. The van der Waals surface area contributed by atoms with E-state index >= 15 is 0 Å². The molecule has 0 aliphatic carbocycles. The van der Waals surface area contributed by atoms with Crippen LogP contribution in [0.15, 0.2) is 36.7 Å². The van der Waals surface area contributed by atoms with Gasteiger partial charge in [0.1, 0.15) is 5.75 Å². The van der Waals surface area contributed by atoms with E-state index in [1.54, 1.807) is 43.8 Å². The van der Waals surface area contributed by atoms with Crippen LogP contribution in [0, 0.1) is 0 Å². The fourth-order valence-corrected chi connectivity index (χ4v) is 3.06. The average molecular weight is 376 g/mol. The third-order valence-electron chi connectivity index (χ3n) is 4.28. The Kier molecular flexibility index (Phi) is 6.12. The molecule has 26 heavy (non-hydrogen) atoms. The Labute approximate surface area is 157 Å². The minimum atomic E-state index is 0.132. The quantitative estimate of drug-likeness (QED) is 0.835. The van der Waals surface area contributed by atoms with Crippen molar-refractivity contribution in [2.24, 2.45) is 0 Å². The Hall–Kier alpha value is -2.54. The fraction of sp³-hybridized carbons (Fsp3) is 0.389. The summed E-state index contributed by atoms with van der Waals surface area (Å²) in [4.78, 5) is 24.9. The first-order valence-corrected chi connectivity index (χ1v) is 8.92. The van der Waals surface area contributed by atoms with Crippen LogP contribution in [0.5, 0.6) is 5.75 Å². The van der Waals surface area contributed by atoms with Crippen LogP contribution in [-0.4, -0.2) is 60.6 Å². The van der Waals surface area contributed by atoms with Gasteiger partial charge in [0, 0.05) is 56.6 Å². The maximum atomic E-state index is 12.4. The van der Waals surface area contributed by atoms with Gasteiger partial charge in [-0.2, -0.15) is 0 Å². The van der Waals surface area contributed by atoms with Gasteiger partial charge in [0.25, 0.3) is 0 Å². The number of benzene rings is 1. The lowest BCUT2D eigenvalue weighted by Crippen LogP contribution is -2.49. The molecule has 0 radical (unpaired) electrons. The summed E-state index contributed by atoms with van der Waals surface area (Å²) in [5.74, 6) is 1.56. The summed E-state index contributed by atoms with van der Waals surface area (Å²) in [5, 5.41) is 3.85. The number of nitrogens with zero attached hydrogens (tertiary/aromatic N) is 4. The summed E-state index contributed by atoms with van der Waals surface area (Å²) in [6.45, 7) is 3.36. The van der Waals surface area contributed by atoms with Gasteiger partial charge < -0.3 is 19.9 Å². The van der Waals surface area contributed by atoms with Crippen molar-refractivity contribution in [3.8, 4) is 5.75 Å². The van der Waals surface area contributed by atoms with Gasteiger partial charge in [0.05, 0.1) is 12.8 Å². The van der Waals surface area contributed by atoms with Gasteiger partial charge in [0.2, 0.25) is 11.9 Å². The molecule has 1 aromatic carbocycles. The number of amides is 1. The molecule has 7 nitrogen and oxygen atoms in total. The van der Waals surface area contributed by atoms with Crippen molar-refractivity contribution in [3.05, 3.63) is 41.7 Å². The molecule has 0 unspecified atom stereocenters. The smallest absolute Gasteiger partial charge is 0.225 e. The Morgan fingerprint density at radius 2 is 1.96 bits per heavy atom. The number of aromatic nitrogens is 2. The minimum absolute atomic E-state index is 0.132. The Morgan fingerprint density at radius 3 is 2.65 bits per heavy atom. The molecule has 138 valence electrons. The van der Waals surface area contributed by atoms with Crippen molar-refractivity contribution in [2.75, 3.05) is 50.1 Å². The largest absolute Gasteiger partial charge is 0.495 e. The van der Waals surface area contributed by atoms with Gasteiger partial charge >= 0.3 is 0 Å². The highest BCUT2D eigenvalue weighted by Crippen LogP contribution is 2.27. The van der Waals surface area contributed by atoms with Gasteiger partial charge in [-0.05, 0) is 24.3 Å². The van der Waals surface area contributed by atoms with Gasteiger partial charge in [-0.1, -0.05) is 11.6 Å². The van der Waals surface area contributed by atoms with Crippen molar-refractivity contribution in [1.82, 2.24) is 14.9 Å². The number of halogens is 1. The van der Waals surface area contributed by atoms with Crippen LogP contribution in [0.2, 0.25) is 5.02 Å². The van der Waals surface area contributed by atoms with Crippen LogP contribution >= 0.6 is 11.6 Å². The molecule has 8 heteroatoms. The average Bonchev–Trinajstić information content (AvgIpc) is 2.69. The molecular weight excluding hydrogens is 354 g/mol. The third kappa shape index (κ3) is 4.54. The molecule has 0 bridgehead atoms. The van der Waals surface area contributed by atoms with Crippen molar-refractivity contribution in [1.29, 1.82) is 0 Å². The lowest BCUT2D eigenvalue weighted by atomic mass is 10.2. The van der Waals surface area contributed by atoms with Gasteiger partial charge in [-0.3, -0.25) is 4.79 Å². The normalized spacial score (nSPS) is 14.2. The molecule has 3 rings (SSSR count). The molecule has 1 N–H and O–H groups in total. The first-order valence-electron chi connectivity index (χ1n) is 8.54. The standard InChI is InChI=1S/C18H22ClN5O2/c1-26-16-4-3-14(19)13-15(16)20-8-5-17(25)23-9-11-24(12-10-23)18-21-6-2-7-22-18/h2-4,6-7,13,20H,5,8-12H2,1H3. The number of carbonyl (C=O) groups excluding carboxylic acids is 1. The second-order valence-electron chi connectivity index (χ2n) is 5.94. The van der Waals surface area contributed by atoms with Crippen LogP contribution in [0.4, 0.5) is 11.6 Å². The van der Waals surface area contributed by atoms with Crippen molar-refractivity contribution in [2.45, 2.75) is 6.42 Å². The zero-order valence-corrected chi connectivity index (χ0v) is 15.4. The molecule has 1 saturated heterocycles. The molecule has 0 atom stereocenters. The van der Waals surface area contributed by atoms with E-state index in [2.05, 4.69) is 20.2 Å². The van der Waals surface area contributed by atoms with E-state index in [1.165, 1.54) is 0 Å². The lowest BCUT2D eigenvalue weighted by Gasteiger charge is -2.34. The highest BCUT2D eigenvalue weighted by atomic mass is 35.5. The fourth-order valence-electron chi connectivity index (χ4n) is 2.89. The maximum absolute atomic E-state index is 12.4. The van der Waals surface area contributed by atoms with E-state index in [0.29, 0.717) is 42.8 Å². The summed E-state index contributed by atoms with van der Waals surface area (Å²) < 4.78 is 5.29. The first-order chi connectivity index (χ1) is 12.7. The summed E-state index contributed by atoms with van der Waals surface area (Å²) in [7, 11) is 1.61. The zero-order chi connectivity index (χ0) is 18.4. The number of methoxy groups -OCH3 is 1. The molecule has 2 heterocycles. The SMILES string of the molecule is COc1ccc(Cl)cc1NCCC(=O)N1CCN(c2ncccn2)CC1. The summed E-state index contributed by atoms with van der Waals surface area (Å²) in [6, 6.07) is 7.17. The van der Waals surface area contributed by atoms with E-state index in [9.17, 15) is 4.79 Å². The van der Waals surface area contributed by atoms with Gasteiger partial charge in [-0.15, -0.1) is 0 Å². The lowest BCUT2D eigenvalue weighted by molar-refractivity contribution is -0.131. The van der Waals surface area contributed by atoms with Crippen LogP contribution in [-0.2, 0) is 4.79 Å². The van der Waals surface area contributed by atoms with E-state index in [1.807, 2.05) is 4.90 Å². The summed E-state index contributed by atoms with van der Waals surface area (Å²) in [5.41, 5.74) is 0.791. The second-order valence-corrected chi connectivity index (χ2v) is 6.37. The van der Waals surface area contributed by atoms with E-state index in [0.717, 1.165) is 18.8 Å². The first kappa shape index (κ1) is 18.3. The predicted molar refractivity (Wildman–Crippen MR) is 102 cm³/mol. The van der Waals surface area contributed by atoms with Gasteiger partial charge in [-0.25, -0.2) is 9.97 Å². The van der Waals surface area contributed by atoms with E-state index in [-0.39, 0.29) is 5.91 Å². The molecular formula is C18H22ClN5O2. The monoisotopic (exact) mass is 375 g/mol. The van der Waals surface area contributed by atoms with Crippen molar-refractivity contribution < 1.29 is 9.53 Å². The number of hydrogen-bond acceptors (Lipinski definition) is 6. The van der Waals surface area contributed by atoms with Crippen molar-refractivity contribution >= 4 is 29.1 Å². The predicted octanol–water partition coefficient (Wildman–Crippen LogP) is 2.29. The molecule has 1 fully saturated rings. The number of nitrogens with one attached hydrogen (secondary N) is 1. The van der Waals surface area contributed by atoms with Gasteiger partial charge in [0.15, 0.2) is 0 Å². The molecule has 1 aromatic heterocycles. The number of piperazine rings is 1. The van der Waals surface area contributed by atoms with Crippen molar-refractivity contribution in [3.63, 3.8) is 0 Å². The molecule has 1 aliphatic rings. The van der Waals surface area contributed by atoms with E-state index < -0.39 is 0 Å². The van der Waals surface area contributed by atoms with Crippen LogP contribution < -0.4 is 15.0 Å². The highest BCUT2D eigenvalue weighted by Gasteiger charge is 2.22. The number of ether oxygens (including phenoxy) is 1. The van der Waals surface area contributed by atoms with Crippen LogP contribution in [0.1, 0.15) is 6.42 Å².